The molecule has 0 heterocycles. The third kappa shape index (κ3) is 4.21. The van der Waals surface area contributed by atoms with Crippen LogP contribution in [-0.2, 0) is 4.79 Å². The monoisotopic (exact) mass is 268 g/mol. The molecule has 0 bridgehead atoms. The Balaban J connectivity index is 2.89. The highest BCUT2D eigenvalue weighted by molar-refractivity contribution is 5.81. The molecular weight excluding hydrogens is 247 g/mol. The quantitative estimate of drug-likeness (QED) is 0.827. The third-order valence-corrected chi connectivity index (χ3v) is 2.88. The number of benzene rings is 1. The van der Waals surface area contributed by atoms with Crippen LogP contribution in [0.5, 0.6) is 0 Å². The van der Waals surface area contributed by atoms with Crippen molar-refractivity contribution in [2.45, 2.75) is 26.9 Å². The average molecular weight is 268 g/mol. The van der Waals surface area contributed by atoms with Crippen LogP contribution in [0.3, 0.4) is 0 Å². The van der Waals surface area contributed by atoms with Gasteiger partial charge < -0.3 is 15.3 Å². The number of nitrogens with one attached hydrogen (secondary N) is 1. The van der Waals surface area contributed by atoms with E-state index in [4.69, 9.17) is 0 Å². The molecule has 0 aliphatic heterocycles. The summed E-state index contributed by atoms with van der Waals surface area (Å²) in [6.45, 7) is 6.49. The second-order valence-corrected chi connectivity index (χ2v) is 4.35. The number of hydrogen-bond donors (Lipinski definition) is 2. The molecule has 1 rings (SSSR count). The summed E-state index contributed by atoms with van der Waals surface area (Å²) < 4.78 is 14.0. The molecule has 0 aromatic heterocycles. The SMILES string of the molecule is CCNC(=O)CN(CC)c1ccc([C@H](C)O)cc1F. The van der Waals surface area contributed by atoms with E-state index in [0.29, 0.717) is 24.3 Å². The predicted molar refractivity (Wildman–Crippen MR) is 73.6 cm³/mol. The van der Waals surface area contributed by atoms with E-state index in [1.165, 1.54) is 6.07 Å². The van der Waals surface area contributed by atoms with Crippen LogP contribution < -0.4 is 10.2 Å². The van der Waals surface area contributed by atoms with Crippen molar-refractivity contribution in [1.82, 2.24) is 5.32 Å². The van der Waals surface area contributed by atoms with Gasteiger partial charge in [0.05, 0.1) is 18.3 Å². The molecule has 4 nitrogen and oxygen atoms in total. The van der Waals surface area contributed by atoms with E-state index in [9.17, 15) is 14.3 Å². The normalized spacial score (nSPS) is 12.1. The lowest BCUT2D eigenvalue weighted by Crippen LogP contribution is -2.37. The van der Waals surface area contributed by atoms with Gasteiger partial charge in [0.15, 0.2) is 0 Å². The zero-order chi connectivity index (χ0) is 14.4. The number of rotatable bonds is 6. The van der Waals surface area contributed by atoms with Gasteiger partial charge in [-0.3, -0.25) is 4.79 Å². The summed E-state index contributed by atoms with van der Waals surface area (Å²) in [4.78, 5) is 13.2. The first-order valence-electron chi connectivity index (χ1n) is 6.48. The fraction of sp³-hybridized carbons (Fsp3) is 0.500. The average Bonchev–Trinajstić information content (AvgIpc) is 2.36. The molecule has 0 saturated heterocycles. The van der Waals surface area contributed by atoms with Crippen molar-refractivity contribution in [3.8, 4) is 0 Å². The number of aliphatic hydroxyl groups is 1. The first-order chi connectivity index (χ1) is 8.99. The van der Waals surface area contributed by atoms with Crippen LogP contribution in [0.25, 0.3) is 0 Å². The largest absolute Gasteiger partial charge is 0.389 e. The van der Waals surface area contributed by atoms with Crippen molar-refractivity contribution in [2.24, 2.45) is 0 Å². The van der Waals surface area contributed by atoms with E-state index in [-0.39, 0.29) is 12.5 Å². The maximum atomic E-state index is 14.0. The highest BCUT2D eigenvalue weighted by Crippen LogP contribution is 2.23. The lowest BCUT2D eigenvalue weighted by atomic mass is 10.1. The Morgan fingerprint density at radius 2 is 2.16 bits per heavy atom. The zero-order valence-electron chi connectivity index (χ0n) is 11.6. The zero-order valence-corrected chi connectivity index (χ0v) is 11.6. The lowest BCUT2D eigenvalue weighted by molar-refractivity contribution is -0.119. The molecule has 5 heteroatoms. The molecule has 1 aromatic rings. The molecule has 0 fully saturated rings. The maximum Gasteiger partial charge on any atom is 0.239 e. The second kappa shape index (κ2) is 7.09. The standard InChI is InChI=1S/C14H21FN2O2/c1-4-16-14(19)9-17(5-2)13-7-6-11(10(3)18)8-12(13)15/h6-8,10,18H,4-5,9H2,1-3H3,(H,16,19)/t10-/m0/s1. The molecule has 19 heavy (non-hydrogen) atoms. The first kappa shape index (κ1) is 15.4. The Labute approximate surface area is 113 Å². The molecule has 1 atom stereocenters. The summed E-state index contributed by atoms with van der Waals surface area (Å²) in [6, 6.07) is 4.57. The number of likely N-dealkylation sites (N-methyl/N-ethyl adjacent to an activating group) is 2. The Hall–Kier alpha value is -1.62. The van der Waals surface area contributed by atoms with Crippen LogP contribution in [0.15, 0.2) is 18.2 Å². The van der Waals surface area contributed by atoms with Gasteiger partial charge in [0.1, 0.15) is 5.82 Å². The Bertz CT molecular complexity index is 435. The van der Waals surface area contributed by atoms with Gasteiger partial charge in [-0.05, 0) is 38.5 Å². The van der Waals surface area contributed by atoms with Gasteiger partial charge >= 0.3 is 0 Å². The van der Waals surface area contributed by atoms with Crippen LogP contribution in [0.4, 0.5) is 10.1 Å². The summed E-state index contributed by atoms with van der Waals surface area (Å²) in [5, 5.41) is 12.1. The molecule has 2 N–H and O–H groups in total. The smallest absolute Gasteiger partial charge is 0.239 e. The Kier molecular flexibility index (Phi) is 5.76. The van der Waals surface area contributed by atoms with Crippen LogP contribution >= 0.6 is 0 Å². The maximum absolute atomic E-state index is 14.0. The molecule has 0 spiro atoms. The topological polar surface area (TPSA) is 52.6 Å². The summed E-state index contributed by atoms with van der Waals surface area (Å²) in [7, 11) is 0. The van der Waals surface area contributed by atoms with Crippen LogP contribution in [0, 0.1) is 5.82 Å². The Morgan fingerprint density at radius 3 is 2.63 bits per heavy atom. The number of amides is 1. The molecule has 0 aliphatic rings. The van der Waals surface area contributed by atoms with Crippen molar-refractivity contribution in [3.63, 3.8) is 0 Å². The van der Waals surface area contributed by atoms with E-state index < -0.39 is 11.9 Å². The minimum atomic E-state index is -0.706. The fourth-order valence-electron chi connectivity index (χ4n) is 1.83. The molecule has 0 unspecified atom stereocenters. The van der Waals surface area contributed by atoms with Gasteiger partial charge in [-0.15, -0.1) is 0 Å². The third-order valence-electron chi connectivity index (χ3n) is 2.88. The number of anilines is 1. The summed E-state index contributed by atoms with van der Waals surface area (Å²) in [5.41, 5.74) is 0.897. The molecular formula is C14H21FN2O2. The molecule has 0 aliphatic carbocycles. The molecule has 106 valence electrons. The van der Waals surface area contributed by atoms with Crippen LogP contribution in [0.1, 0.15) is 32.4 Å². The van der Waals surface area contributed by atoms with Gasteiger partial charge in [-0.25, -0.2) is 4.39 Å². The van der Waals surface area contributed by atoms with E-state index >= 15 is 0 Å². The highest BCUT2D eigenvalue weighted by atomic mass is 19.1. The van der Waals surface area contributed by atoms with Gasteiger partial charge in [0.25, 0.3) is 0 Å². The molecule has 0 saturated carbocycles. The lowest BCUT2D eigenvalue weighted by Gasteiger charge is -2.23. The minimum absolute atomic E-state index is 0.120. The Morgan fingerprint density at radius 1 is 1.47 bits per heavy atom. The van der Waals surface area contributed by atoms with Gasteiger partial charge in [-0.1, -0.05) is 6.07 Å². The van der Waals surface area contributed by atoms with E-state index in [1.54, 1.807) is 24.0 Å². The first-order valence-corrected chi connectivity index (χ1v) is 6.48. The highest BCUT2D eigenvalue weighted by Gasteiger charge is 2.14. The van der Waals surface area contributed by atoms with Crippen molar-refractivity contribution in [3.05, 3.63) is 29.6 Å². The van der Waals surface area contributed by atoms with E-state index in [2.05, 4.69) is 5.32 Å². The molecule has 1 aromatic carbocycles. The minimum Gasteiger partial charge on any atom is -0.389 e. The number of hydrogen-bond acceptors (Lipinski definition) is 3. The summed E-state index contributed by atoms with van der Waals surface area (Å²) in [6.07, 6.45) is -0.706. The second-order valence-electron chi connectivity index (χ2n) is 4.35. The molecule has 0 radical (unpaired) electrons. The van der Waals surface area contributed by atoms with Crippen molar-refractivity contribution >= 4 is 11.6 Å². The van der Waals surface area contributed by atoms with Crippen molar-refractivity contribution < 1.29 is 14.3 Å². The summed E-state index contributed by atoms with van der Waals surface area (Å²) in [5.74, 6) is -0.562. The summed E-state index contributed by atoms with van der Waals surface area (Å²) >= 11 is 0. The van der Waals surface area contributed by atoms with Crippen LogP contribution in [-0.4, -0.2) is 30.6 Å². The predicted octanol–water partition coefficient (Wildman–Crippen LogP) is 1.84. The van der Waals surface area contributed by atoms with Gasteiger partial charge in [0.2, 0.25) is 5.91 Å². The van der Waals surface area contributed by atoms with E-state index in [0.717, 1.165) is 0 Å². The van der Waals surface area contributed by atoms with Gasteiger partial charge in [-0.2, -0.15) is 0 Å². The molecule has 1 amide bonds. The van der Waals surface area contributed by atoms with Crippen LogP contribution in [0.2, 0.25) is 0 Å². The number of halogens is 1. The number of carbonyl (C=O) groups excluding carboxylic acids is 1. The van der Waals surface area contributed by atoms with E-state index in [1.807, 2.05) is 13.8 Å². The van der Waals surface area contributed by atoms with Gasteiger partial charge in [0, 0.05) is 13.1 Å². The van der Waals surface area contributed by atoms with Crippen molar-refractivity contribution in [1.29, 1.82) is 0 Å². The fourth-order valence-corrected chi connectivity index (χ4v) is 1.83. The number of aliphatic hydroxyl groups excluding tert-OH is 1. The number of nitrogens with zero attached hydrogens (tertiary/aromatic N) is 1. The number of carbonyl (C=O) groups is 1. The van der Waals surface area contributed by atoms with Crippen molar-refractivity contribution in [2.75, 3.05) is 24.5 Å².